The predicted molar refractivity (Wildman–Crippen MR) is 98.2 cm³/mol. The van der Waals surface area contributed by atoms with E-state index in [0.29, 0.717) is 30.1 Å². The lowest BCUT2D eigenvalue weighted by Crippen LogP contribution is -2.30. The van der Waals surface area contributed by atoms with Gasteiger partial charge in [-0.1, -0.05) is 32.0 Å². The van der Waals surface area contributed by atoms with Gasteiger partial charge < -0.3 is 5.32 Å². The second kappa shape index (κ2) is 7.07. The number of carbonyl (C=O) groups is 1. The molecule has 3 rings (SSSR count). The van der Waals surface area contributed by atoms with Crippen LogP contribution < -0.4 is 9.62 Å². The van der Waals surface area contributed by atoms with Crippen LogP contribution >= 0.6 is 0 Å². The third kappa shape index (κ3) is 3.44. The van der Waals surface area contributed by atoms with Gasteiger partial charge in [0.25, 0.3) is 15.9 Å². The molecule has 1 heterocycles. The summed E-state index contributed by atoms with van der Waals surface area (Å²) in [7, 11) is -4.02. The third-order valence-electron chi connectivity index (χ3n) is 4.28. The number of hydrogen-bond donors (Lipinski definition) is 1. The van der Waals surface area contributed by atoms with Crippen LogP contribution in [0.1, 0.15) is 29.8 Å². The van der Waals surface area contributed by atoms with Gasteiger partial charge in [-0.25, -0.2) is 12.8 Å². The van der Waals surface area contributed by atoms with E-state index in [1.54, 1.807) is 18.2 Å². The molecule has 138 valence electrons. The van der Waals surface area contributed by atoms with Crippen LogP contribution in [0.15, 0.2) is 47.4 Å². The van der Waals surface area contributed by atoms with Crippen LogP contribution in [-0.2, 0) is 16.4 Å². The lowest BCUT2D eigenvalue weighted by atomic mass is 10.1. The van der Waals surface area contributed by atoms with Crippen LogP contribution in [0.2, 0.25) is 0 Å². The zero-order chi connectivity index (χ0) is 18.9. The molecule has 0 unspecified atom stereocenters. The van der Waals surface area contributed by atoms with Gasteiger partial charge in [0.15, 0.2) is 0 Å². The van der Waals surface area contributed by atoms with E-state index < -0.39 is 15.8 Å². The van der Waals surface area contributed by atoms with Gasteiger partial charge in [0.2, 0.25) is 0 Å². The number of carbonyl (C=O) groups excluding carboxylic acids is 1. The fourth-order valence-corrected chi connectivity index (χ4v) is 4.48. The first kappa shape index (κ1) is 18.4. The number of sulfonamides is 1. The predicted octanol–water partition coefficient (Wildman–Crippen LogP) is 2.96. The van der Waals surface area contributed by atoms with Crippen molar-refractivity contribution in [3.8, 4) is 0 Å². The zero-order valence-electron chi connectivity index (χ0n) is 14.7. The van der Waals surface area contributed by atoms with Gasteiger partial charge in [-0.05, 0) is 42.2 Å². The molecule has 2 aromatic carbocycles. The number of benzene rings is 2. The molecule has 0 spiro atoms. The van der Waals surface area contributed by atoms with E-state index in [-0.39, 0.29) is 17.3 Å². The summed E-state index contributed by atoms with van der Waals surface area (Å²) in [4.78, 5) is 11.9. The number of nitrogens with one attached hydrogen (secondary N) is 1. The minimum absolute atomic E-state index is 0.225. The molecule has 1 aliphatic rings. The minimum Gasteiger partial charge on any atom is -0.352 e. The molecule has 26 heavy (non-hydrogen) atoms. The number of anilines is 1. The van der Waals surface area contributed by atoms with E-state index in [0.717, 1.165) is 11.6 Å². The van der Waals surface area contributed by atoms with Crippen LogP contribution in [0.3, 0.4) is 0 Å². The Balaban J connectivity index is 1.95. The Morgan fingerprint density at radius 2 is 1.96 bits per heavy atom. The van der Waals surface area contributed by atoms with Crippen molar-refractivity contribution in [3.63, 3.8) is 0 Å². The molecule has 5 nitrogen and oxygen atoms in total. The van der Waals surface area contributed by atoms with Gasteiger partial charge in [-0.3, -0.25) is 9.10 Å². The summed E-state index contributed by atoms with van der Waals surface area (Å²) >= 11 is 0. The van der Waals surface area contributed by atoms with E-state index in [1.807, 2.05) is 13.8 Å². The first-order chi connectivity index (χ1) is 12.3. The maximum Gasteiger partial charge on any atom is 0.267 e. The smallest absolute Gasteiger partial charge is 0.267 e. The number of halogens is 1. The number of fused-ring (bicyclic) bond motifs is 1. The van der Waals surface area contributed by atoms with E-state index in [1.165, 1.54) is 22.5 Å². The molecule has 0 fully saturated rings. The Hall–Kier alpha value is -2.41. The Labute approximate surface area is 152 Å². The molecular weight excluding hydrogens is 355 g/mol. The van der Waals surface area contributed by atoms with Crippen molar-refractivity contribution in [2.24, 2.45) is 5.92 Å². The maximum absolute atomic E-state index is 14.0. The largest absolute Gasteiger partial charge is 0.352 e. The molecule has 1 amide bonds. The molecule has 0 aromatic heterocycles. The summed E-state index contributed by atoms with van der Waals surface area (Å²) in [5, 5.41) is 2.82. The second-order valence-electron chi connectivity index (χ2n) is 6.70. The molecule has 0 saturated carbocycles. The molecule has 2 aromatic rings. The van der Waals surface area contributed by atoms with Gasteiger partial charge in [0, 0.05) is 18.7 Å². The Kier molecular flexibility index (Phi) is 5.00. The van der Waals surface area contributed by atoms with E-state index in [2.05, 4.69) is 5.32 Å². The van der Waals surface area contributed by atoms with Gasteiger partial charge in [0.05, 0.1) is 5.69 Å². The van der Waals surface area contributed by atoms with Gasteiger partial charge >= 0.3 is 0 Å². The molecule has 0 bridgehead atoms. The summed E-state index contributed by atoms with van der Waals surface area (Å²) in [6.07, 6.45) is 0.525. The highest BCUT2D eigenvalue weighted by molar-refractivity contribution is 7.92. The molecule has 1 aliphatic heterocycles. The number of hydrogen-bond acceptors (Lipinski definition) is 3. The van der Waals surface area contributed by atoms with Crippen molar-refractivity contribution in [1.82, 2.24) is 5.32 Å². The van der Waals surface area contributed by atoms with E-state index in [4.69, 9.17) is 0 Å². The van der Waals surface area contributed by atoms with E-state index >= 15 is 0 Å². The molecule has 0 aliphatic carbocycles. The highest BCUT2D eigenvalue weighted by atomic mass is 32.2. The van der Waals surface area contributed by atoms with Crippen LogP contribution in [0.25, 0.3) is 0 Å². The monoisotopic (exact) mass is 376 g/mol. The van der Waals surface area contributed by atoms with Crippen LogP contribution in [0.4, 0.5) is 10.1 Å². The lowest BCUT2D eigenvalue weighted by Gasteiger charge is -2.20. The topological polar surface area (TPSA) is 66.5 Å². The molecule has 0 atom stereocenters. The molecular formula is C19H21FN2O3S. The third-order valence-corrected chi connectivity index (χ3v) is 6.12. The van der Waals surface area contributed by atoms with E-state index in [9.17, 15) is 17.6 Å². The molecule has 7 heteroatoms. The fraction of sp³-hybridized carbons (Fsp3) is 0.316. The van der Waals surface area contributed by atoms with Crippen molar-refractivity contribution >= 4 is 21.6 Å². The molecule has 0 saturated heterocycles. The van der Waals surface area contributed by atoms with Gasteiger partial charge in [-0.15, -0.1) is 0 Å². The summed E-state index contributed by atoms with van der Waals surface area (Å²) in [6, 6.07) is 10.3. The number of nitrogens with zero attached hydrogens (tertiary/aromatic N) is 1. The highest BCUT2D eigenvalue weighted by Crippen LogP contribution is 2.34. The zero-order valence-corrected chi connectivity index (χ0v) is 15.5. The summed E-state index contributed by atoms with van der Waals surface area (Å²) < 4.78 is 41.0. The number of rotatable bonds is 5. The standard InChI is InChI=1S/C19H21FN2O3S/c1-13(2)12-21-19(23)15-8-7-14-9-10-22(17(14)11-15)26(24,25)18-6-4-3-5-16(18)20/h3-8,11,13H,9-10,12H2,1-2H3,(H,21,23). The normalized spacial score (nSPS) is 13.8. The highest BCUT2D eigenvalue weighted by Gasteiger charge is 2.33. The summed E-state index contributed by atoms with van der Waals surface area (Å²) in [6.45, 7) is 4.74. The number of amides is 1. The molecule has 1 N–H and O–H groups in total. The first-order valence-electron chi connectivity index (χ1n) is 8.49. The first-order valence-corrected chi connectivity index (χ1v) is 9.93. The minimum atomic E-state index is -4.02. The van der Waals surface area contributed by atoms with Crippen molar-refractivity contribution in [2.75, 3.05) is 17.4 Å². The van der Waals surface area contributed by atoms with Gasteiger partial charge in [-0.2, -0.15) is 0 Å². The lowest BCUT2D eigenvalue weighted by molar-refractivity contribution is 0.0949. The van der Waals surface area contributed by atoms with Crippen molar-refractivity contribution < 1.29 is 17.6 Å². The second-order valence-corrected chi connectivity index (χ2v) is 8.54. The average molecular weight is 376 g/mol. The maximum atomic E-state index is 14.0. The Morgan fingerprint density at radius 3 is 2.65 bits per heavy atom. The SMILES string of the molecule is CC(C)CNC(=O)c1ccc2c(c1)N(S(=O)(=O)c1ccccc1F)CC2. The van der Waals surface area contributed by atoms with Crippen LogP contribution in [0.5, 0.6) is 0 Å². The van der Waals surface area contributed by atoms with Crippen molar-refractivity contribution in [3.05, 3.63) is 59.4 Å². The Morgan fingerprint density at radius 1 is 1.23 bits per heavy atom. The van der Waals surface area contributed by atoms with Crippen LogP contribution in [-0.4, -0.2) is 27.4 Å². The molecule has 0 radical (unpaired) electrons. The Bertz CT molecular complexity index is 942. The fourth-order valence-electron chi connectivity index (χ4n) is 2.91. The summed E-state index contributed by atoms with van der Waals surface area (Å²) in [5.41, 5.74) is 1.65. The summed E-state index contributed by atoms with van der Waals surface area (Å²) in [5.74, 6) is -0.727. The van der Waals surface area contributed by atoms with Crippen LogP contribution in [0, 0.1) is 11.7 Å². The van der Waals surface area contributed by atoms with Crippen molar-refractivity contribution in [1.29, 1.82) is 0 Å². The van der Waals surface area contributed by atoms with Gasteiger partial charge in [0.1, 0.15) is 10.7 Å². The van der Waals surface area contributed by atoms with Crippen molar-refractivity contribution in [2.45, 2.75) is 25.2 Å². The average Bonchev–Trinajstić information content (AvgIpc) is 3.03. The quantitative estimate of drug-likeness (QED) is 0.872.